The number of aliphatic hydroxyl groups excluding tert-OH is 1. The fourth-order valence-corrected chi connectivity index (χ4v) is 3.56. The highest BCUT2D eigenvalue weighted by atomic mass is 32.1. The van der Waals surface area contributed by atoms with E-state index < -0.39 is 0 Å². The molecule has 24 heavy (non-hydrogen) atoms. The zero-order chi connectivity index (χ0) is 17.3. The zero-order valence-corrected chi connectivity index (χ0v) is 14.7. The van der Waals surface area contributed by atoms with Gasteiger partial charge in [-0.1, -0.05) is 0 Å². The van der Waals surface area contributed by atoms with Crippen molar-refractivity contribution in [2.24, 2.45) is 5.92 Å². The van der Waals surface area contributed by atoms with Gasteiger partial charge in [-0.2, -0.15) is 9.36 Å². The van der Waals surface area contributed by atoms with Crippen LogP contribution in [0.2, 0.25) is 0 Å². The summed E-state index contributed by atoms with van der Waals surface area (Å²) in [6.07, 6.45) is 1.03. The highest BCUT2D eigenvalue weighted by Gasteiger charge is 2.36. The van der Waals surface area contributed by atoms with Crippen molar-refractivity contribution in [3.05, 3.63) is 29.6 Å². The van der Waals surface area contributed by atoms with Crippen LogP contribution >= 0.6 is 11.5 Å². The second kappa shape index (κ2) is 6.90. The molecule has 2 N–H and O–H groups in total. The number of hydrogen-bond donors (Lipinski definition) is 2. The van der Waals surface area contributed by atoms with Crippen LogP contribution in [0.1, 0.15) is 24.4 Å². The molecule has 1 aromatic heterocycles. The summed E-state index contributed by atoms with van der Waals surface area (Å²) in [5.74, 6) is 1.11. The third-order valence-electron chi connectivity index (χ3n) is 4.24. The number of anilines is 2. The molecule has 1 aliphatic rings. The Balaban J connectivity index is 1.90. The first kappa shape index (κ1) is 16.9. The quantitative estimate of drug-likeness (QED) is 0.833. The highest BCUT2D eigenvalue weighted by Crippen LogP contribution is 2.43. The minimum Gasteiger partial charge on any atom is -0.496 e. The maximum atomic E-state index is 13.8. The second-order valence-electron chi connectivity index (χ2n) is 6.19. The fourth-order valence-electron chi connectivity index (χ4n) is 2.89. The predicted molar refractivity (Wildman–Crippen MR) is 92.3 cm³/mol. The summed E-state index contributed by atoms with van der Waals surface area (Å²) in [5, 5.41) is 13.7. The molecule has 130 valence electrons. The normalized spacial score (nSPS) is 21.0. The summed E-state index contributed by atoms with van der Waals surface area (Å²) in [5.41, 5.74) is 0.732. The number of methoxy groups -OCH3 is 1. The SMILES string of the molecule is COc1ccc(F)cc1C(Nc1nc(N(C)C)ns1)C1CC(O)C1. The number of ether oxygens (including phenoxy) is 1. The molecule has 6 nitrogen and oxygen atoms in total. The summed E-state index contributed by atoms with van der Waals surface area (Å²) >= 11 is 1.26. The molecule has 0 aliphatic heterocycles. The lowest BCUT2D eigenvalue weighted by Crippen LogP contribution is -2.36. The lowest BCUT2D eigenvalue weighted by atomic mass is 9.75. The molecular formula is C16H21FN4O2S. The Labute approximate surface area is 144 Å². The summed E-state index contributed by atoms with van der Waals surface area (Å²) in [6, 6.07) is 4.29. The van der Waals surface area contributed by atoms with Gasteiger partial charge in [0.15, 0.2) is 0 Å². The first-order chi connectivity index (χ1) is 11.5. The molecule has 0 amide bonds. The maximum absolute atomic E-state index is 13.8. The van der Waals surface area contributed by atoms with Crippen molar-refractivity contribution in [3.8, 4) is 5.75 Å². The lowest BCUT2D eigenvalue weighted by molar-refractivity contribution is 0.0336. The van der Waals surface area contributed by atoms with Gasteiger partial charge in [-0.3, -0.25) is 0 Å². The van der Waals surface area contributed by atoms with Gasteiger partial charge in [0.1, 0.15) is 11.6 Å². The van der Waals surface area contributed by atoms with Gasteiger partial charge in [0, 0.05) is 31.2 Å². The fraction of sp³-hybridized carbons (Fsp3) is 0.500. The largest absolute Gasteiger partial charge is 0.496 e. The number of aromatic nitrogens is 2. The van der Waals surface area contributed by atoms with E-state index in [4.69, 9.17) is 4.74 Å². The van der Waals surface area contributed by atoms with Crippen LogP contribution in [-0.4, -0.2) is 41.8 Å². The first-order valence-electron chi connectivity index (χ1n) is 7.77. The second-order valence-corrected chi connectivity index (χ2v) is 6.94. The standard InChI is InChI=1S/C16H21FN4O2S/c1-21(2)15-19-16(24-20-15)18-14(9-6-11(22)7-9)12-8-10(17)4-5-13(12)23-3/h4-5,8-9,11,14,22H,6-7H2,1-3H3,(H,18,19,20). The van der Waals surface area contributed by atoms with E-state index in [0.717, 1.165) is 5.56 Å². The van der Waals surface area contributed by atoms with Crippen LogP contribution in [0.25, 0.3) is 0 Å². The van der Waals surface area contributed by atoms with Crippen molar-refractivity contribution >= 4 is 22.6 Å². The molecule has 1 saturated carbocycles. The van der Waals surface area contributed by atoms with E-state index in [-0.39, 0.29) is 23.9 Å². The average Bonchev–Trinajstić information content (AvgIpc) is 2.99. The molecule has 0 bridgehead atoms. The topological polar surface area (TPSA) is 70.5 Å². The van der Waals surface area contributed by atoms with Crippen molar-refractivity contribution in [2.75, 3.05) is 31.4 Å². The van der Waals surface area contributed by atoms with E-state index in [2.05, 4.69) is 14.7 Å². The van der Waals surface area contributed by atoms with Gasteiger partial charge in [0.25, 0.3) is 0 Å². The lowest BCUT2D eigenvalue weighted by Gasteiger charge is -2.38. The number of nitrogens with one attached hydrogen (secondary N) is 1. The van der Waals surface area contributed by atoms with Crippen molar-refractivity contribution in [1.82, 2.24) is 9.36 Å². The molecule has 1 aromatic carbocycles. The van der Waals surface area contributed by atoms with Crippen molar-refractivity contribution in [3.63, 3.8) is 0 Å². The maximum Gasteiger partial charge on any atom is 0.238 e. The number of aliphatic hydroxyl groups is 1. The Morgan fingerprint density at radius 1 is 1.42 bits per heavy atom. The van der Waals surface area contributed by atoms with Crippen LogP contribution in [0.5, 0.6) is 5.75 Å². The molecule has 1 aliphatic carbocycles. The Bertz CT molecular complexity index is 703. The minimum absolute atomic E-state index is 0.183. The average molecular weight is 352 g/mol. The van der Waals surface area contributed by atoms with E-state index in [1.807, 2.05) is 19.0 Å². The smallest absolute Gasteiger partial charge is 0.238 e. The van der Waals surface area contributed by atoms with Crippen LogP contribution in [0.15, 0.2) is 18.2 Å². The molecule has 1 atom stereocenters. The third-order valence-corrected chi connectivity index (χ3v) is 4.88. The van der Waals surface area contributed by atoms with Gasteiger partial charge >= 0.3 is 0 Å². The summed E-state index contributed by atoms with van der Waals surface area (Å²) in [6.45, 7) is 0. The van der Waals surface area contributed by atoms with Gasteiger partial charge in [0.05, 0.1) is 19.3 Å². The van der Waals surface area contributed by atoms with Crippen LogP contribution in [0, 0.1) is 11.7 Å². The molecule has 1 unspecified atom stereocenters. The van der Waals surface area contributed by atoms with E-state index in [9.17, 15) is 9.50 Å². The van der Waals surface area contributed by atoms with Crippen LogP contribution < -0.4 is 15.0 Å². The first-order valence-corrected chi connectivity index (χ1v) is 8.54. The van der Waals surface area contributed by atoms with Crippen molar-refractivity contribution < 1.29 is 14.2 Å². The molecule has 1 heterocycles. The van der Waals surface area contributed by atoms with Crippen LogP contribution in [-0.2, 0) is 0 Å². The molecule has 8 heteroatoms. The van der Waals surface area contributed by atoms with E-state index >= 15 is 0 Å². The van der Waals surface area contributed by atoms with Gasteiger partial charge in [-0.15, -0.1) is 0 Å². The Morgan fingerprint density at radius 3 is 2.75 bits per heavy atom. The highest BCUT2D eigenvalue weighted by molar-refractivity contribution is 7.09. The third kappa shape index (κ3) is 3.44. The van der Waals surface area contributed by atoms with Gasteiger partial charge in [0.2, 0.25) is 11.1 Å². The minimum atomic E-state index is -0.316. The van der Waals surface area contributed by atoms with Crippen LogP contribution in [0.4, 0.5) is 15.5 Å². The number of hydrogen-bond acceptors (Lipinski definition) is 7. The van der Waals surface area contributed by atoms with E-state index in [1.54, 1.807) is 13.2 Å². The molecule has 2 aromatic rings. The molecule has 0 radical (unpaired) electrons. The Hall–Kier alpha value is -1.93. The Morgan fingerprint density at radius 2 is 2.17 bits per heavy atom. The van der Waals surface area contributed by atoms with Crippen LogP contribution in [0.3, 0.4) is 0 Å². The predicted octanol–water partition coefficient (Wildman–Crippen LogP) is 2.68. The molecule has 0 saturated heterocycles. The number of nitrogens with zero attached hydrogens (tertiary/aromatic N) is 3. The number of benzene rings is 1. The van der Waals surface area contributed by atoms with E-state index in [0.29, 0.717) is 29.7 Å². The van der Waals surface area contributed by atoms with Gasteiger partial charge < -0.3 is 20.1 Å². The summed E-state index contributed by atoms with van der Waals surface area (Å²) in [4.78, 5) is 6.26. The number of rotatable bonds is 6. The summed E-state index contributed by atoms with van der Waals surface area (Å²) in [7, 11) is 5.32. The van der Waals surface area contributed by atoms with E-state index in [1.165, 1.54) is 23.7 Å². The van der Waals surface area contributed by atoms with Gasteiger partial charge in [-0.05, 0) is 37.0 Å². The van der Waals surface area contributed by atoms with Gasteiger partial charge in [-0.25, -0.2) is 4.39 Å². The number of halogens is 1. The molecule has 1 fully saturated rings. The monoisotopic (exact) mass is 352 g/mol. The molecule has 0 spiro atoms. The van der Waals surface area contributed by atoms with Crippen molar-refractivity contribution in [1.29, 1.82) is 0 Å². The molecular weight excluding hydrogens is 331 g/mol. The summed E-state index contributed by atoms with van der Waals surface area (Å²) < 4.78 is 23.5. The molecule has 3 rings (SSSR count). The zero-order valence-electron chi connectivity index (χ0n) is 13.9. The van der Waals surface area contributed by atoms with Crippen molar-refractivity contribution in [2.45, 2.75) is 25.0 Å². The Kier molecular flexibility index (Phi) is 4.86.